The van der Waals surface area contributed by atoms with Gasteiger partial charge in [-0.1, -0.05) is 37.1 Å². The highest BCUT2D eigenvalue weighted by Crippen LogP contribution is 2.37. The number of rotatable bonds is 8. The number of Topliss-reactive ketones (excluding diaryl/α,β-unsaturated/α-hetero) is 2. The van der Waals surface area contributed by atoms with Crippen LogP contribution in [0.15, 0.2) is 36.4 Å². The number of carbonyl (C=O) groups is 2. The zero-order valence-corrected chi connectivity index (χ0v) is 22.2. The molecule has 0 radical (unpaired) electrons. The Bertz CT molecular complexity index is 946. The standard InChI is InChI=1S/C29H36N2O2.2ClH/c32-28(11-17-30-13-3-1-4-14-30)22-7-9-26-24(19-22)21-25-20-23(8-10-27(25)26)29(33)12-18-31-15-5-2-6-16-31;;/h7-10,19-20H,1-6,11-18,21H2;2*1H. The second-order valence-corrected chi connectivity index (χ2v) is 10.1. The van der Waals surface area contributed by atoms with Crippen LogP contribution in [0.2, 0.25) is 0 Å². The molecule has 0 amide bonds. The zero-order valence-electron chi connectivity index (χ0n) is 20.6. The van der Waals surface area contributed by atoms with Crippen LogP contribution in [-0.4, -0.2) is 60.6 Å². The van der Waals surface area contributed by atoms with Crippen molar-refractivity contribution in [2.45, 2.75) is 57.8 Å². The third kappa shape index (κ3) is 6.74. The molecular formula is C29H38Cl2N2O2. The van der Waals surface area contributed by atoms with Gasteiger partial charge in [-0.05, 0) is 92.7 Å². The van der Waals surface area contributed by atoms with Crippen LogP contribution in [0.3, 0.4) is 0 Å². The lowest BCUT2D eigenvalue weighted by atomic mass is 9.99. The van der Waals surface area contributed by atoms with Gasteiger partial charge < -0.3 is 9.80 Å². The molecule has 190 valence electrons. The molecule has 0 atom stereocenters. The van der Waals surface area contributed by atoms with Crippen LogP contribution in [0.4, 0.5) is 0 Å². The Hall–Kier alpha value is -1.72. The molecule has 5 rings (SSSR count). The SMILES string of the molecule is Cl.Cl.O=C(CCN1CCCCC1)c1ccc2c(c1)Cc1cc(C(=O)CCN3CCCCC3)ccc1-2. The van der Waals surface area contributed by atoms with Gasteiger partial charge in [0, 0.05) is 37.1 Å². The zero-order chi connectivity index (χ0) is 22.6. The predicted octanol–water partition coefficient (Wildman–Crippen LogP) is 6.22. The van der Waals surface area contributed by atoms with Gasteiger partial charge >= 0.3 is 0 Å². The van der Waals surface area contributed by atoms with Gasteiger partial charge in [-0.25, -0.2) is 0 Å². The summed E-state index contributed by atoms with van der Waals surface area (Å²) in [7, 11) is 0. The monoisotopic (exact) mass is 516 g/mol. The molecule has 2 aromatic carbocycles. The number of hydrogen-bond acceptors (Lipinski definition) is 4. The van der Waals surface area contributed by atoms with Gasteiger partial charge in [0.25, 0.3) is 0 Å². The average Bonchev–Trinajstić information content (AvgIpc) is 3.24. The van der Waals surface area contributed by atoms with E-state index in [4.69, 9.17) is 0 Å². The summed E-state index contributed by atoms with van der Waals surface area (Å²) in [4.78, 5) is 30.5. The number of hydrogen-bond donors (Lipinski definition) is 0. The number of likely N-dealkylation sites (tertiary alicyclic amines) is 2. The van der Waals surface area contributed by atoms with Gasteiger partial charge in [-0.2, -0.15) is 0 Å². The highest BCUT2D eigenvalue weighted by molar-refractivity contribution is 5.99. The molecule has 2 fully saturated rings. The van der Waals surface area contributed by atoms with E-state index in [-0.39, 0.29) is 36.4 Å². The minimum Gasteiger partial charge on any atom is -0.303 e. The summed E-state index contributed by atoms with van der Waals surface area (Å²) in [6.07, 6.45) is 9.68. The minimum absolute atomic E-state index is 0. The molecule has 0 aromatic heterocycles. The molecule has 0 N–H and O–H groups in total. The van der Waals surface area contributed by atoms with Crippen molar-refractivity contribution in [1.29, 1.82) is 0 Å². The topological polar surface area (TPSA) is 40.6 Å². The van der Waals surface area contributed by atoms with Crippen molar-refractivity contribution < 1.29 is 9.59 Å². The molecule has 2 saturated heterocycles. The second-order valence-electron chi connectivity index (χ2n) is 10.1. The first-order valence-corrected chi connectivity index (χ1v) is 12.9. The van der Waals surface area contributed by atoms with E-state index in [0.29, 0.717) is 12.8 Å². The molecule has 0 spiro atoms. The van der Waals surface area contributed by atoms with Crippen molar-refractivity contribution in [3.63, 3.8) is 0 Å². The third-order valence-electron chi connectivity index (χ3n) is 7.73. The van der Waals surface area contributed by atoms with E-state index in [2.05, 4.69) is 34.1 Å². The maximum atomic E-state index is 12.8. The predicted molar refractivity (Wildman–Crippen MR) is 148 cm³/mol. The van der Waals surface area contributed by atoms with Crippen molar-refractivity contribution >= 4 is 36.4 Å². The van der Waals surface area contributed by atoms with Gasteiger partial charge in [0.2, 0.25) is 0 Å². The molecule has 1 aliphatic carbocycles. The first kappa shape index (κ1) is 27.9. The van der Waals surface area contributed by atoms with E-state index in [0.717, 1.165) is 56.8 Å². The molecule has 4 nitrogen and oxygen atoms in total. The number of halogens is 2. The summed E-state index contributed by atoms with van der Waals surface area (Å²) in [6, 6.07) is 12.4. The molecule has 35 heavy (non-hydrogen) atoms. The number of benzene rings is 2. The Labute approximate surface area is 222 Å². The molecule has 2 heterocycles. The molecule has 0 unspecified atom stereocenters. The molecule has 0 saturated carbocycles. The van der Waals surface area contributed by atoms with Crippen molar-refractivity contribution in [3.8, 4) is 11.1 Å². The van der Waals surface area contributed by atoms with E-state index >= 15 is 0 Å². The van der Waals surface area contributed by atoms with Crippen LogP contribution in [0, 0.1) is 0 Å². The molecule has 2 aliphatic heterocycles. The van der Waals surface area contributed by atoms with E-state index in [1.165, 1.54) is 60.8 Å². The van der Waals surface area contributed by atoms with Gasteiger partial charge in [0.15, 0.2) is 11.6 Å². The number of nitrogens with zero attached hydrogens (tertiary/aromatic N) is 2. The number of piperidine rings is 2. The Balaban J connectivity index is 0.00000171. The van der Waals surface area contributed by atoms with Crippen LogP contribution >= 0.6 is 24.8 Å². The first-order chi connectivity index (χ1) is 16.2. The van der Waals surface area contributed by atoms with Crippen LogP contribution in [0.5, 0.6) is 0 Å². The summed E-state index contributed by atoms with van der Waals surface area (Å²) < 4.78 is 0. The second kappa shape index (κ2) is 13.0. The normalized spacial score (nSPS) is 17.6. The van der Waals surface area contributed by atoms with Crippen LogP contribution in [0.1, 0.15) is 83.2 Å². The lowest BCUT2D eigenvalue weighted by Crippen LogP contribution is -2.31. The maximum Gasteiger partial charge on any atom is 0.164 e. The molecule has 2 aromatic rings. The maximum absolute atomic E-state index is 12.8. The Kier molecular flexibility index (Phi) is 10.4. The van der Waals surface area contributed by atoms with E-state index in [9.17, 15) is 9.59 Å². The fraction of sp³-hybridized carbons (Fsp3) is 0.517. The lowest BCUT2D eigenvalue weighted by molar-refractivity contribution is 0.0951. The Morgan fingerprint density at radius 3 is 1.40 bits per heavy atom. The van der Waals surface area contributed by atoms with E-state index in [1.807, 2.05) is 12.1 Å². The lowest BCUT2D eigenvalue weighted by Gasteiger charge is -2.25. The van der Waals surface area contributed by atoms with Crippen LogP contribution < -0.4 is 0 Å². The minimum atomic E-state index is 0. The summed E-state index contributed by atoms with van der Waals surface area (Å²) in [5, 5.41) is 0. The first-order valence-electron chi connectivity index (χ1n) is 12.9. The Morgan fingerprint density at radius 2 is 1.00 bits per heavy atom. The van der Waals surface area contributed by atoms with E-state index in [1.54, 1.807) is 0 Å². The molecule has 6 heteroatoms. The van der Waals surface area contributed by atoms with Crippen LogP contribution in [0.25, 0.3) is 11.1 Å². The summed E-state index contributed by atoms with van der Waals surface area (Å²) >= 11 is 0. The van der Waals surface area contributed by atoms with Crippen LogP contribution in [-0.2, 0) is 6.42 Å². The summed E-state index contributed by atoms with van der Waals surface area (Å²) in [5.41, 5.74) is 6.51. The van der Waals surface area contributed by atoms with Gasteiger partial charge in [0.1, 0.15) is 0 Å². The van der Waals surface area contributed by atoms with E-state index < -0.39 is 0 Å². The number of fused-ring (bicyclic) bond motifs is 3. The summed E-state index contributed by atoms with van der Waals surface area (Å²) in [5.74, 6) is 0.487. The van der Waals surface area contributed by atoms with Crippen molar-refractivity contribution in [3.05, 3.63) is 58.7 Å². The number of carbonyl (C=O) groups excluding carboxylic acids is 2. The molecule has 3 aliphatic rings. The Morgan fingerprint density at radius 1 is 0.600 bits per heavy atom. The van der Waals surface area contributed by atoms with Gasteiger partial charge in [0.05, 0.1) is 0 Å². The van der Waals surface area contributed by atoms with Gasteiger partial charge in [-0.15, -0.1) is 24.8 Å². The van der Waals surface area contributed by atoms with Gasteiger partial charge in [-0.3, -0.25) is 9.59 Å². The fourth-order valence-electron chi connectivity index (χ4n) is 5.73. The molecule has 0 bridgehead atoms. The highest BCUT2D eigenvalue weighted by Gasteiger charge is 2.22. The largest absolute Gasteiger partial charge is 0.303 e. The third-order valence-corrected chi connectivity index (χ3v) is 7.73. The number of ketones is 2. The highest BCUT2D eigenvalue weighted by atomic mass is 35.5. The smallest absolute Gasteiger partial charge is 0.164 e. The fourth-order valence-corrected chi connectivity index (χ4v) is 5.73. The van der Waals surface area contributed by atoms with Crippen molar-refractivity contribution in [2.75, 3.05) is 39.3 Å². The quantitative estimate of drug-likeness (QED) is 0.333. The summed E-state index contributed by atoms with van der Waals surface area (Å²) in [6.45, 7) is 6.27. The van der Waals surface area contributed by atoms with Crippen molar-refractivity contribution in [1.82, 2.24) is 9.80 Å². The van der Waals surface area contributed by atoms with Crippen molar-refractivity contribution in [2.24, 2.45) is 0 Å². The molecular weight excluding hydrogens is 479 g/mol. The average molecular weight is 518 g/mol.